The van der Waals surface area contributed by atoms with E-state index in [-0.39, 0.29) is 36.4 Å². The average molecular weight is 340 g/mol. The number of ketones is 1. The molecular weight excluding hydrogens is 312 g/mol. The van der Waals surface area contributed by atoms with Crippen molar-refractivity contribution in [1.29, 1.82) is 0 Å². The smallest absolute Gasteiger partial charge is 0.303 e. The van der Waals surface area contributed by atoms with E-state index in [4.69, 9.17) is 14.6 Å². The van der Waals surface area contributed by atoms with Gasteiger partial charge in [-0.15, -0.1) is 0 Å². The van der Waals surface area contributed by atoms with Crippen LogP contribution in [0.5, 0.6) is 0 Å². The minimum atomic E-state index is -0.771. The first-order valence-electron chi connectivity index (χ1n) is 9.08. The Bertz CT molecular complexity index is 429. The summed E-state index contributed by atoms with van der Waals surface area (Å²) in [5, 5.41) is 8.60. The summed E-state index contributed by atoms with van der Waals surface area (Å²) in [6, 6.07) is 0. The summed E-state index contributed by atoms with van der Waals surface area (Å²) < 4.78 is 11.4. The molecule has 1 aliphatic heterocycles. The SMILES string of the molecule is O=C[C@H]1C(CCCCCCC(=O)O)C(=O)C[C@@H]1OC1CCCCO1. The lowest BCUT2D eigenvalue weighted by Gasteiger charge is -2.27. The Morgan fingerprint density at radius 1 is 1.25 bits per heavy atom. The normalized spacial score (nSPS) is 30.4. The Morgan fingerprint density at radius 2 is 2.04 bits per heavy atom. The van der Waals surface area contributed by atoms with Gasteiger partial charge in [-0.3, -0.25) is 9.59 Å². The highest BCUT2D eigenvalue weighted by Gasteiger charge is 2.43. The van der Waals surface area contributed by atoms with Crippen LogP contribution in [0.3, 0.4) is 0 Å². The number of carbonyl (C=O) groups is 3. The third-order valence-corrected chi connectivity index (χ3v) is 4.99. The Morgan fingerprint density at radius 3 is 2.71 bits per heavy atom. The number of aliphatic carboxylic acids is 1. The summed E-state index contributed by atoms with van der Waals surface area (Å²) in [5.74, 6) is -1.29. The third kappa shape index (κ3) is 5.67. The summed E-state index contributed by atoms with van der Waals surface area (Å²) in [4.78, 5) is 34.2. The van der Waals surface area contributed by atoms with E-state index in [9.17, 15) is 14.4 Å². The molecule has 1 N–H and O–H groups in total. The molecule has 0 spiro atoms. The number of rotatable bonds is 10. The van der Waals surface area contributed by atoms with E-state index < -0.39 is 5.97 Å². The van der Waals surface area contributed by atoms with E-state index in [0.717, 1.165) is 44.8 Å². The van der Waals surface area contributed by atoms with Crippen molar-refractivity contribution in [3.8, 4) is 0 Å². The number of unbranched alkanes of at least 4 members (excludes halogenated alkanes) is 3. The summed E-state index contributed by atoms with van der Waals surface area (Å²) in [7, 11) is 0. The van der Waals surface area contributed by atoms with Crippen molar-refractivity contribution >= 4 is 18.0 Å². The molecule has 136 valence electrons. The molecule has 1 aliphatic carbocycles. The molecule has 0 aromatic heterocycles. The highest BCUT2D eigenvalue weighted by Crippen LogP contribution is 2.35. The van der Waals surface area contributed by atoms with Crippen LogP contribution in [0.4, 0.5) is 0 Å². The quantitative estimate of drug-likeness (QED) is 0.486. The van der Waals surface area contributed by atoms with Crippen molar-refractivity contribution in [3.63, 3.8) is 0 Å². The van der Waals surface area contributed by atoms with E-state index >= 15 is 0 Å². The highest BCUT2D eigenvalue weighted by atomic mass is 16.7. The molecule has 24 heavy (non-hydrogen) atoms. The molecule has 0 aromatic rings. The largest absolute Gasteiger partial charge is 0.481 e. The van der Waals surface area contributed by atoms with Crippen LogP contribution in [0, 0.1) is 11.8 Å². The van der Waals surface area contributed by atoms with Crippen LogP contribution in [-0.2, 0) is 23.9 Å². The lowest BCUT2D eigenvalue weighted by atomic mass is 9.90. The van der Waals surface area contributed by atoms with Gasteiger partial charge in [-0.2, -0.15) is 0 Å². The first-order valence-corrected chi connectivity index (χ1v) is 9.08. The molecule has 6 heteroatoms. The van der Waals surface area contributed by atoms with Crippen LogP contribution >= 0.6 is 0 Å². The molecular formula is C18H28O6. The van der Waals surface area contributed by atoms with Crippen LogP contribution in [-0.4, -0.2) is 42.1 Å². The van der Waals surface area contributed by atoms with E-state index in [2.05, 4.69) is 0 Å². The predicted molar refractivity (Wildman–Crippen MR) is 86.5 cm³/mol. The third-order valence-electron chi connectivity index (χ3n) is 4.99. The van der Waals surface area contributed by atoms with Gasteiger partial charge in [0.15, 0.2) is 6.29 Å². The van der Waals surface area contributed by atoms with E-state index in [1.807, 2.05) is 0 Å². The first-order chi connectivity index (χ1) is 11.6. The molecule has 4 atom stereocenters. The molecule has 2 rings (SSSR count). The molecule has 6 nitrogen and oxygen atoms in total. The molecule has 2 unspecified atom stereocenters. The zero-order valence-corrected chi connectivity index (χ0v) is 14.2. The van der Waals surface area contributed by atoms with E-state index in [1.165, 1.54) is 0 Å². The molecule has 2 aliphatic rings. The fraction of sp³-hybridized carbons (Fsp3) is 0.833. The summed E-state index contributed by atoms with van der Waals surface area (Å²) >= 11 is 0. The maximum absolute atomic E-state index is 12.2. The second kappa shape index (κ2) is 9.89. The number of ether oxygens (including phenoxy) is 2. The molecule has 1 saturated carbocycles. The number of carbonyl (C=O) groups excluding carboxylic acids is 2. The molecule has 0 amide bonds. The van der Waals surface area contributed by atoms with Gasteiger partial charge in [-0.1, -0.05) is 19.3 Å². The Hall–Kier alpha value is -1.27. The minimum absolute atomic E-state index is 0.110. The Kier molecular flexibility index (Phi) is 7.85. The fourth-order valence-electron chi connectivity index (χ4n) is 3.64. The van der Waals surface area contributed by atoms with Gasteiger partial charge in [-0.25, -0.2) is 0 Å². The van der Waals surface area contributed by atoms with Gasteiger partial charge in [0.2, 0.25) is 0 Å². The number of Topliss-reactive ketones (excluding diaryl/α,β-unsaturated/α-hetero) is 1. The number of hydrogen-bond donors (Lipinski definition) is 1. The highest BCUT2D eigenvalue weighted by molar-refractivity contribution is 5.88. The van der Waals surface area contributed by atoms with Crippen molar-refractivity contribution in [2.45, 2.75) is 76.6 Å². The molecule has 0 radical (unpaired) electrons. The van der Waals surface area contributed by atoms with Gasteiger partial charge in [0.05, 0.1) is 12.0 Å². The molecule has 1 saturated heterocycles. The number of aldehydes is 1. The number of carboxylic acid groups (broad SMARTS) is 1. The van der Waals surface area contributed by atoms with E-state index in [1.54, 1.807) is 0 Å². The van der Waals surface area contributed by atoms with Gasteiger partial charge in [0, 0.05) is 25.4 Å². The van der Waals surface area contributed by atoms with Crippen molar-refractivity contribution in [2.24, 2.45) is 11.8 Å². The van der Waals surface area contributed by atoms with Gasteiger partial charge in [-0.05, 0) is 32.1 Å². The summed E-state index contributed by atoms with van der Waals surface area (Å²) in [6.07, 6.45) is 7.55. The van der Waals surface area contributed by atoms with Crippen molar-refractivity contribution in [1.82, 2.24) is 0 Å². The Labute approximate surface area is 142 Å². The molecule has 1 heterocycles. The first kappa shape index (κ1) is 19.1. The van der Waals surface area contributed by atoms with Crippen LogP contribution in [0.25, 0.3) is 0 Å². The van der Waals surface area contributed by atoms with Gasteiger partial charge < -0.3 is 19.4 Å². The van der Waals surface area contributed by atoms with Crippen LogP contribution in [0.15, 0.2) is 0 Å². The zero-order valence-electron chi connectivity index (χ0n) is 14.2. The van der Waals surface area contributed by atoms with Crippen molar-refractivity contribution < 1.29 is 29.0 Å². The van der Waals surface area contributed by atoms with Crippen molar-refractivity contribution in [2.75, 3.05) is 6.61 Å². The second-order valence-corrected chi connectivity index (χ2v) is 6.81. The van der Waals surface area contributed by atoms with Gasteiger partial charge in [0.1, 0.15) is 12.1 Å². The van der Waals surface area contributed by atoms with Gasteiger partial charge >= 0.3 is 5.97 Å². The number of hydrogen-bond acceptors (Lipinski definition) is 5. The monoisotopic (exact) mass is 340 g/mol. The maximum Gasteiger partial charge on any atom is 0.303 e. The van der Waals surface area contributed by atoms with Crippen LogP contribution in [0.1, 0.15) is 64.2 Å². The molecule has 2 fully saturated rings. The van der Waals surface area contributed by atoms with E-state index in [0.29, 0.717) is 25.9 Å². The van der Waals surface area contributed by atoms with Crippen molar-refractivity contribution in [3.05, 3.63) is 0 Å². The van der Waals surface area contributed by atoms with Gasteiger partial charge in [0.25, 0.3) is 0 Å². The van der Waals surface area contributed by atoms with Crippen LogP contribution in [0.2, 0.25) is 0 Å². The average Bonchev–Trinajstić information content (AvgIpc) is 2.86. The minimum Gasteiger partial charge on any atom is -0.481 e. The fourth-order valence-corrected chi connectivity index (χ4v) is 3.64. The topological polar surface area (TPSA) is 89.9 Å². The predicted octanol–water partition coefficient (Wildman–Crippen LogP) is 2.73. The lowest BCUT2D eigenvalue weighted by molar-refractivity contribution is -0.194. The second-order valence-electron chi connectivity index (χ2n) is 6.81. The number of carboxylic acids is 1. The maximum atomic E-state index is 12.2. The molecule has 0 aromatic carbocycles. The zero-order chi connectivity index (χ0) is 17.4. The summed E-state index contributed by atoms with van der Waals surface area (Å²) in [6.45, 7) is 0.677. The van der Waals surface area contributed by atoms with Crippen LogP contribution < -0.4 is 0 Å². The summed E-state index contributed by atoms with van der Waals surface area (Å²) in [5.41, 5.74) is 0. The molecule has 0 bridgehead atoms. The standard InChI is InChI=1S/C18H28O6/c19-12-14-13(7-3-1-2-4-8-17(21)22)15(20)11-16(14)24-18-9-5-6-10-23-18/h12-14,16,18H,1-11H2,(H,21,22)/t13?,14-,16-,18?/m0/s1. The lowest BCUT2D eigenvalue weighted by Crippen LogP contribution is -2.32. The Balaban J connectivity index is 1.74.